The Morgan fingerprint density at radius 3 is 2.03 bits per heavy atom. The molecule has 0 amide bonds. The lowest BCUT2D eigenvalue weighted by Crippen LogP contribution is -2.51. The van der Waals surface area contributed by atoms with E-state index in [1.807, 2.05) is 20.8 Å². The first kappa shape index (κ1) is 29.1. The quantitative estimate of drug-likeness (QED) is 0.296. The number of hydrogen-bond donors (Lipinski definition) is 1. The number of carbonyl (C=O) groups is 4. The van der Waals surface area contributed by atoms with E-state index in [4.69, 9.17) is 24.7 Å². The molecule has 0 aliphatic heterocycles. The predicted octanol–water partition coefficient (Wildman–Crippen LogP) is 3.63. The van der Waals surface area contributed by atoms with Gasteiger partial charge in [0.1, 0.15) is 5.54 Å². The molecule has 2 N–H and O–H groups in total. The van der Waals surface area contributed by atoms with E-state index < -0.39 is 23.4 Å². The van der Waals surface area contributed by atoms with Crippen LogP contribution in [0.3, 0.4) is 0 Å². The molecule has 0 saturated heterocycles. The normalized spacial score (nSPS) is 12.4. The zero-order valence-electron chi connectivity index (χ0n) is 20.6. The van der Waals surface area contributed by atoms with Gasteiger partial charge in [0, 0.05) is 32.1 Å². The molecule has 0 bridgehead atoms. The third-order valence-electron chi connectivity index (χ3n) is 5.02. The Labute approximate surface area is 201 Å². The fourth-order valence-electron chi connectivity index (χ4n) is 3.15. The van der Waals surface area contributed by atoms with Gasteiger partial charge < -0.3 is 24.7 Å². The Hall–Kier alpha value is -2.94. The van der Waals surface area contributed by atoms with Gasteiger partial charge in [-0.15, -0.1) is 0 Å². The van der Waals surface area contributed by atoms with E-state index in [0.29, 0.717) is 24.8 Å². The van der Waals surface area contributed by atoms with E-state index in [1.165, 1.54) is 19.2 Å². The fraction of sp³-hybridized carbons (Fsp3) is 0.600. The maximum absolute atomic E-state index is 12.5. The Morgan fingerprint density at radius 1 is 0.853 bits per heavy atom. The number of carbonyl (C=O) groups excluding carboxylic acids is 4. The van der Waals surface area contributed by atoms with Crippen molar-refractivity contribution in [3.63, 3.8) is 0 Å². The number of benzene rings is 1. The Morgan fingerprint density at radius 2 is 1.47 bits per heavy atom. The van der Waals surface area contributed by atoms with E-state index in [2.05, 4.69) is 0 Å². The van der Waals surface area contributed by atoms with E-state index in [-0.39, 0.29) is 49.8 Å². The molecule has 0 aliphatic carbocycles. The van der Waals surface area contributed by atoms with Crippen LogP contribution in [0.2, 0.25) is 0 Å². The molecular weight excluding hydrogens is 442 g/mol. The average Bonchev–Trinajstić information content (AvgIpc) is 2.79. The molecule has 0 heterocycles. The maximum atomic E-state index is 12.5. The second kappa shape index (κ2) is 15.1. The number of nitrogens with two attached hydrogens (primary N) is 1. The number of ether oxygens (including phenoxy) is 4. The van der Waals surface area contributed by atoms with Crippen LogP contribution in [0.5, 0.6) is 11.5 Å². The van der Waals surface area contributed by atoms with Gasteiger partial charge in [-0.2, -0.15) is 0 Å². The summed E-state index contributed by atoms with van der Waals surface area (Å²) in [5.41, 5.74) is 5.44. The summed E-state index contributed by atoms with van der Waals surface area (Å²) in [6.45, 7) is 5.62. The van der Waals surface area contributed by atoms with E-state index >= 15 is 0 Å². The van der Waals surface area contributed by atoms with Crippen molar-refractivity contribution < 1.29 is 38.1 Å². The molecule has 0 radical (unpaired) electrons. The largest absolute Gasteiger partial charge is 0.468 e. The summed E-state index contributed by atoms with van der Waals surface area (Å²) >= 11 is 0. The number of rotatable bonds is 15. The SMILES string of the molecule is CCCCC(=O)OCC[C@@](N)(Cc1ccc(OC(=O)CCC)c(OC(=O)CCC)c1)C(=O)OC. The zero-order chi connectivity index (χ0) is 25.6. The lowest BCUT2D eigenvalue weighted by atomic mass is 9.88. The minimum atomic E-state index is -1.48. The molecular formula is C25H37NO8. The lowest BCUT2D eigenvalue weighted by molar-refractivity contribution is -0.151. The third kappa shape index (κ3) is 9.91. The minimum Gasteiger partial charge on any atom is -0.468 e. The molecule has 0 aliphatic rings. The molecule has 0 unspecified atom stereocenters. The van der Waals surface area contributed by atoms with E-state index in [9.17, 15) is 19.2 Å². The van der Waals surface area contributed by atoms with Crippen molar-refractivity contribution in [2.75, 3.05) is 13.7 Å². The first-order chi connectivity index (χ1) is 16.2. The van der Waals surface area contributed by atoms with Gasteiger partial charge >= 0.3 is 23.9 Å². The number of methoxy groups -OCH3 is 1. The van der Waals surface area contributed by atoms with Crippen LogP contribution in [0, 0.1) is 0 Å². The Kier molecular flexibility index (Phi) is 12.9. The maximum Gasteiger partial charge on any atom is 0.326 e. The van der Waals surface area contributed by atoms with Crippen LogP contribution in [-0.4, -0.2) is 43.1 Å². The van der Waals surface area contributed by atoms with Crippen molar-refractivity contribution in [2.45, 2.75) is 84.1 Å². The fourth-order valence-corrected chi connectivity index (χ4v) is 3.15. The highest BCUT2D eigenvalue weighted by atomic mass is 16.6. The van der Waals surface area contributed by atoms with E-state index in [0.717, 1.165) is 12.8 Å². The van der Waals surface area contributed by atoms with Crippen molar-refractivity contribution in [2.24, 2.45) is 5.73 Å². The summed E-state index contributed by atoms with van der Waals surface area (Å²) in [4.78, 5) is 48.3. The first-order valence-electron chi connectivity index (χ1n) is 11.8. The monoisotopic (exact) mass is 479 g/mol. The van der Waals surface area contributed by atoms with Crippen LogP contribution in [0.25, 0.3) is 0 Å². The lowest BCUT2D eigenvalue weighted by Gasteiger charge is -2.26. The van der Waals surface area contributed by atoms with Gasteiger partial charge in [0.15, 0.2) is 11.5 Å². The summed E-state index contributed by atoms with van der Waals surface area (Å²) < 4.78 is 20.8. The summed E-state index contributed by atoms with van der Waals surface area (Å²) in [6, 6.07) is 4.64. The predicted molar refractivity (Wildman–Crippen MR) is 125 cm³/mol. The van der Waals surface area contributed by atoms with Crippen LogP contribution < -0.4 is 15.2 Å². The molecule has 9 heteroatoms. The average molecular weight is 480 g/mol. The highest BCUT2D eigenvalue weighted by molar-refractivity contribution is 5.81. The van der Waals surface area contributed by atoms with Gasteiger partial charge in [0.2, 0.25) is 0 Å². The molecule has 0 aromatic heterocycles. The number of esters is 4. The van der Waals surface area contributed by atoms with Crippen molar-refractivity contribution in [3.8, 4) is 11.5 Å². The van der Waals surface area contributed by atoms with Crippen molar-refractivity contribution in [1.82, 2.24) is 0 Å². The summed E-state index contributed by atoms with van der Waals surface area (Å²) in [6.07, 6.45) is 3.56. The molecule has 190 valence electrons. The van der Waals surface area contributed by atoms with Crippen LogP contribution in [0.1, 0.15) is 77.7 Å². The van der Waals surface area contributed by atoms with Crippen LogP contribution in [-0.2, 0) is 35.1 Å². The molecule has 0 saturated carbocycles. The zero-order valence-corrected chi connectivity index (χ0v) is 20.6. The molecule has 0 fully saturated rings. The molecule has 1 atom stereocenters. The highest BCUT2D eigenvalue weighted by Crippen LogP contribution is 2.31. The van der Waals surface area contributed by atoms with Gasteiger partial charge in [-0.3, -0.25) is 19.2 Å². The smallest absolute Gasteiger partial charge is 0.326 e. The van der Waals surface area contributed by atoms with Gasteiger partial charge in [-0.1, -0.05) is 33.3 Å². The molecule has 1 aromatic carbocycles. The van der Waals surface area contributed by atoms with Gasteiger partial charge in [0.05, 0.1) is 13.7 Å². The summed E-state index contributed by atoms with van der Waals surface area (Å²) in [5.74, 6) is -1.76. The van der Waals surface area contributed by atoms with E-state index in [1.54, 1.807) is 6.07 Å². The highest BCUT2D eigenvalue weighted by Gasteiger charge is 2.36. The number of hydrogen-bond acceptors (Lipinski definition) is 9. The van der Waals surface area contributed by atoms with Gasteiger partial charge in [-0.25, -0.2) is 0 Å². The molecule has 1 rings (SSSR count). The minimum absolute atomic E-state index is 0.0215. The Balaban J connectivity index is 3.08. The molecule has 0 spiro atoms. The first-order valence-corrected chi connectivity index (χ1v) is 11.8. The second-order valence-corrected chi connectivity index (χ2v) is 8.13. The molecule has 1 aromatic rings. The van der Waals surface area contributed by atoms with Gasteiger partial charge in [0.25, 0.3) is 0 Å². The molecule has 9 nitrogen and oxygen atoms in total. The van der Waals surface area contributed by atoms with Crippen LogP contribution >= 0.6 is 0 Å². The topological polar surface area (TPSA) is 131 Å². The van der Waals surface area contributed by atoms with Crippen LogP contribution in [0.4, 0.5) is 0 Å². The standard InChI is InChI=1S/C25H37NO8/c1-5-8-11-21(27)32-15-14-25(26,24(30)31-4)17-18-12-13-19(33-22(28)9-6-2)20(16-18)34-23(29)10-7-3/h12-13,16H,5-11,14-15,17,26H2,1-4H3/t25-/m1/s1. The van der Waals surface area contributed by atoms with Crippen molar-refractivity contribution >= 4 is 23.9 Å². The van der Waals surface area contributed by atoms with Crippen molar-refractivity contribution in [1.29, 1.82) is 0 Å². The third-order valence-corrected chi connectivity index (χ3v) is 5.02. The Bertz CT molecular complexity index is 838. The number of unbranched alkanes of at least 4 members (excludes halogenated alkanes) is 1. The molecule has 34 heavy (non-hydrogen) atoms. The van der Waals surface area contributed by atoms with Gasteiger partial charge in [-0.05, 0) is 37.0 Å². The summed E-state index contributed by atoms with van der Waals surface area (Å²) in [5, 5.41) is 0. The van der Waals surface area contributed by atoms with Crippen LogP contribution in [0.15, 0.2) is 18.2 Å². The van der Waals surface area contributed by atoms with Crippen molar-refractivity contribution in [3.05, 3.63) is 23.8 Å². The summed E-state index contributed by atoms with van der Waals surface area (Å²) in [7, 11) is 1.23. The second-order valence-electron chi connectivity index (χ2n) is 8.13.